The molecule has 1 atom stereocenters. The molecule has 2 aromatic rings. The Bertz CT molecular complexity index is 586. The molecular weight excluding hydrogens is 284 g/mol. The molecule has 3 nitrogen and oxygen atoms in total. The zero-order chi connectivity index (χ0) is 15.1. The fourth-order valence-electron chi connectivity index (χ4n) is 2.23. The summed E-state index contributed by atoms with van der Waals surface area (Å²) < 4.78 is 0. The van der Waals surface area contributed by atoms with Gasteiger partial charge in [0.2, 0.25) is 5.91 Å². The van der Waals surface area contributed by atoms with E-state index in [0.717, 1.165) is 17.5 Å². The van der Waals surface area contributed by atoms with Gasteiger partial charge in [0.15, 0.2) is 0 Å². The van der Waals surface area contributed by atoms with Crippen LogP contribution < -0.4 is 11.1 Å². The maximum atomic E-state index is 12.2. The summed E-state index contributed by atoms with van der Waals surface area (Å²) in [5.74, 6) is -0.337. The highest BCUT2D eigenvalue weighted by atomic mass is 35.5. The number of carbonyl (C=O) groups excluding carboxylic acids is 1. The first-order chi connectivity index (χ1) is 10.2. The summed E-state index contributed by atoms with van der Waals surface area (Å²) in [4.78, 5) is 12.2. The van der Waals surface area contributed by atoms with Gasteiger partial charge in [-0.15, -0.1) is 0 Å². The first kappa shape index (κ1) is 15.5. The van der Waals surface area contributed by atoms with E-state index in [9.17, 15) is 4.79 Å². The van der Waals surface area contributed by atoms with Crippen molar-refractivity contribution in [2.45, 2.75) is 12.3 Å². The Balaban J connectivity index is 1.89. The Kier molecular flexibility index (Phi) is 5.78. The van der Waals surface area contributed by atoms with Crippen LogP contribution in [0, 0.1) is 0 Å². The maximum Gasteiger partial charge on any atom is 0.228 e. The zero-order valence-corrected chi connectivity index (χ0v) is 12.5. The van der Waals surface area contributed by atoms with E-state index >= 15 is 0 Å². The molecule has 0 saturated carbocycles. The lowest BCUT2D eigenvalue weighted by Crippen LogP contribution is -2.34. The van der Waals surface area contributed by atoms with Crippen molar-refractivity contribution in [3.8, 4) is 0 Å². The van der Waals surface area contributed by atoms with Crippen molar-refractivity contribution < 1.29 is 4.79 Å². The van der Waals surface area contributed by atoms with Gasteiger partial charge in [-0.1, -0.05) is 54.1 Å². The number of nitrogens with two attached hydrogens (primary N) is 1. The molecule has 0 heterocycles. The SMILES string of the molecule is NCC(C(=O)NCCc1cccc(Cl)c1)c1ccccc1. The van der Waals surface area contributed by atoms with Crippen molar-refractivity contribution in [1.82, 2.24) is 5.32 Å². The summed E-state index contributed by atoms with van der Waals surface area (Å²) in [5, 5.41) is 3.65. The van der Waals surface area contributed by atoms with Crippen molar-refractivity contribution >= 4 is 17.5 Å². The van der Waals surface area contributed by atoms with Crippen molar-refractivity contribution in [3.05, 3.63) is 70.7 Å². The maximum absolute atomic E-state index is 12.2. The van der Waals surface area contributed by atoms with E-state index in [1.165, 1.54) is 0 Å². The molecule has 0 aliphatic heterocycles. The van der Waals surface area contributed by atoms with Crippen LogP contribution in [0.2, 0.25) is 5.02 Å². The summed E-state index contributed by atoms with van der Waals surface area (Å²) in [7, 11) is 0. The van der Waals surface area contributed by atoms with Gasteiger partial charge in [-0.05, 0) is 29.7 Å². The van der Waals surface area contributed by atoms with E-state index in [2.05, 4.69) is 5.32 Å². The molecule has 0 radical (unpaired) electrons. The van der Waals surface area contributed by atoms with E-state index in [1.54, 1.807) is 0 Å². The number of hydrogen-bond donors (Lipinski definition) is 2. The lowest BCUT2D eigenvalue weighted by atomic mass is 9.98. The second-order valence-corrected chi connectivity index (χ2v) is 5.31. The molecule has 0 saturated heterocycles. The molecule has 0 aromatic heterocycles. The number of hydrogen-bond acceptors (Lipinski definition) is 2. The largest absolute Gasteiger partial charge is 0.355 e. The minimum absolute atomic E-state index is 0.0364. The van der Waals surface area contributed by atoms with E-state index in [4.69, 9.17) is 17.3 Å². The van der Waals surface area contributed by atoms with Gasteiger partial charge in [0, 0.05) is 18.1 Å². The molecule has 3 N–H and O–H groups in total. The molecule has 0 aliphatic carbocycles. The van der Waals surface area contributed by atoms with Crippen LogP contribution in [0.25, 0.3) is 0 Å². The van der Waals surface area contributed by atoms with Crippen LogP contribution in [-0.2, 0) is 11.2 Å². The Labute approximate surface area is 130 Å². The molecule has 0 spiro atoms. The van der Waals surface area contributed by atoms with Gasteiger partial charge >= 0.3 is 0 Å². The van der Waals surface area contributed by atoms with Gasteiger partial charge in [-0.2, -0.15) is 0 Å². The smallest absolute Gasteiger partial charge is 0.228 e. The molecule has 0 bridgehead atoms. The third-order valence-electron chi connectivity index (χ3n) is 3.36. The predicted molar refractivity (Wildman–Crippen MR) is 86.4 cm³/mol. The van der Waals surface area contributed by atoms with Gasteiger partial charge < -0.3 is 11.1 Å². The quantitative estimate of drug-likeness (QED) is 0.862. The van der Waals surface area contributed by atoms with Crippen LogP contribution >= 0.6 is 11.6 Å². The second kappa shape index (κ2) is 7.81. The number of halogens is 1. The summed E-state index contributed by atoms with van der Waals surface area (Å²) >= 11 is 5.94. The predicted octanol–water partition coefficient (Wildman–Crippen LogP) is 2.74. The monoisotopic (exact) mass is 302 g/mol. The van der Waals surface area contributed by atoms with E-state index in [-0.39, 0.29) is 11.8 Å². The fraction of sp³-hybridized carbons (Fsp3) is 0.235. The third kappa shape index (κ3) is 4.59. The fourth-order valence-corrected chi connectivity index (χ4v) is 2.44. The zero-order valence-electron chi connectivity index (χ0n) is 11.8. The van der Waals surface area contributed by atoms with Gasteiger partial charge in [0.25, 0.3) is 0 Å². The molecule has 1 unspecified atom stereocenters. The second-order valence-electron chi connectivity index (χ2n) is 4.87. The van der Waals surface area contributed by atoms with Gasteiger partial charge in [0.1, 0.15) is 0 Å². The average molecular weight is 303 g/mol. The lowest BCUT2D eigenvalue weighted by Gasteiger charge is -2.15. The number of nitrogens with one attached hydrogen (secondary N) is 1. The number of benzene rings is 2. The Morgan fingerprint density at radius 2 is 1.90 bits per heavy atom. The molecule has 1 amide bonds. The van der Waals surface area contributed by atoms with Crippen LogP contribution in [0.15, 0.2) is 54.6 Å². The first-order valence-corrected chi connectivity index (χ1v) is 7.35. The molecule has 110 valence electrons. The molecule has 2 aromatic carbocycles. The highest BCUT2D eigenvalue weighted by molar-refractivity contribution is 6.30. The number of carbonyl (C=O) groups is 1. The Morgan fingerprint density at radius 1 is 1.14 bits per heavy atom. The normalized spacial score (nSPS) is 11.9. The van der Waals surface area contributed by atoms with Crippen LogP contribution in [0.4, 0.5) is 0 Å². The molecule has 2 rings (SSSR count). The van der Waals surface area contributed by atoms with Crippen molar-refractivity contribution in [2.75, 3.05) is 13.1 Å². The van der Waals surface area contributed by atoms with Crippen LogP contribution in [0.1, 0.15) is 17.0 Å². The minimum Gasteiger partial charge on any atom is -0.355 e. The minimum atomic E-state index is -0.300. The van der Waals surface area contributed by atoms with Crippen molar-refractivity contribution in [2.24, 2.45) is 5.73 Å². The Hall–Kier alpha value is -1.84. The molecule has 4 heteroatoms. The summed E-state index contributed by atoms with van der Waals surface area (Å²) in [6.45, 7) is 0.871. The van der Waals surface area contributed by atoms with E-state index < -0.39 is 0 Å². The van der Waals surface area contributed by atoms with Crippen molar-refractivity contribution in [3.63, 3.8) is 0 Å². The summed E-state index contributed by atoms with van der Waals surface area (Å²) in [6, 6.07) is 17.3. The van der Waals surface area contributed by atoms with Crippen LogP contribution in [0.3, 0.4) is 0 Å². The highest BCUT2D eigenvalue weighted by Gasteiger charge is 2.17. The number of amides is 1. The van der Waals surface area contributed by atoms with E-state index in [0.29, 0.717) is 18.1 Å². The lowest BCUT2D eigenvalue weighted by molar-refractivity contribution is -0.122. The van der Waals surface area contributed by atoms with Gasteiger partial charge in [-0.25, -0.2) is 0 Å². The topological polar surface area (TPSA) is 55.1 Å². The standard InChI is InChI=1S/C17H19ClN2O/c18-15-8-4-5-13(11-15)9-10-20-17(21)16(12-19)14-6-2-1-3-7-14/h1-8,11,16H,9-10,12,19H2,(H,20,21). The molecule has 0 fully saturated rings. The molecule has 21 heavy (non-hydrogen) atoms. The highest BCUT2D eigenvalue weighted by Crippen LogP contribution is 2.14. The molecular formula is C17H19ClN2O. The Morgan fingerprint density at radius 3 is 2.57 bits per heavy atom. The summed E-state index contributed by atoms with van der Waals surface area (Å²) in [5.41, 5.74) is 7.78. The molecule has 0 aliphatic rings. The summed E-state index contributed by atoms with van der Waals surface area (Å²) in [6.07, 6.45) is 0.748. The average Bonchev–Trinajstić information content (AvgIpc) is 2.49. The third-order valence-corrected chi connectivity index (χ3v) is 3.59. The van der Waals surface area contributed by atoms with E-state index in [1.807, 2.05) is 54.6 Å². The van der Waals surface area contributed by atoms with Crippen molar-refractivity contribution in [1.29, 1.82) is 0 Å². The van der Waals surface area contributed by atoms with Crippen LogP contribution in [0.5, 0.6) is 0 Å². The van der Waals surface area contributed by atoms with Crippen LogP contribution in [-0.4, -0.2) is 19.0 Å². The van der Waals surface area contributed by atoms with Gasteiger partial charge in [-0.3, -0.25) is 4.79 Å². The number of rotatable bonds is 6. The first-order valence-electron chi connectivity index (χ1n) is 6.98. The van der Waals surface area contributed by atoms with Gasteiger partial charge in [0.05, 0.1) is 5.92 Å².